The van der Waals surface area contributed by atoms with Gasteiger partial charge in [0.15, 0.2) is 33.0 Å². The van der Waals surface area contributed by atoms with Crippen molar-refractivity contribution in [3.05, 3.63) is 64.5 Å². The number of aliphatic carboxylic acids is 1. The summed E-state index contributed by atoms with van der Waals surface area (Å²) in [5, 5.41) is 19.3. The number of ether oxygens (including phenoxy) is 1. The van der Waals surface area contributed by atoms with E-state index in [0.717, 1.165) is 17.0 Å². The number of alkyl halides is 2. The van der Waals surface area contributed by atoms with Gasteiger partial charge in [0.1, 0.15) is 17.2 Å². The number of likely N-dealkylation sites (tertiary alicyclic amines) is 1. The number of carboxylic acids is 1. The van der Waals surface area contributed by atoms with E-state index in [2.05, 4.69) is 0 Å². The Hall–Kier alpha value is -4.24. The Balaban J connectivity index is 1.58. The molecule has 6 atom stereocenters. The summed E-state index contributed by atoms with van der Waals surface area (Å²) < 4.78 is 78.2. The number of benzene rings is 2. The molecule has 2 N–H and O–H groups in total. The van der Waals surface area contributed by atoms with Crippen LogP contribution in [-0.2, 0) is 24.0 Å². The molecule has 17 heteroatoms. The maximum Gasteiger partial charge on any atom is 0.305 e. The Kier molecular flexibility index (Phi) is 7.59. The lowest BCUT2D eigenvalue weighted by Gasteiger charge is -2.50. The fourth-order valence-electron chi connectivity index (χ4n) is 7.34. The normalized spacial score (nSPS) is 29.9. The highest BCUT2D eigenvalue weighted by atomic mass is 35.5. The van der Waals surface area contributed by atoms with Crippen molar-refractivity contribution in [2.75, 3.05) is 18.6 Å². The van der Waals surface area contributed by atoms with Gasteiger partial charge in [-0.2, -0.15) is 0 Å². The number of phenols is 1. The van der Waals surface area contributed by atoms with E-state index in [9.17, 15) is 42.3 Å². The summed E-state index contributed by atoms with van der Waals surface area (Å²) in [7, 11) is 1.18. The van der Waals surface area contributed by atoms with Gasteiger partial charge < -0.3 is 14.9 Å². The van der Waals surface area contributed by atoms with Gasteiger partial charge in [0.25, 0.3) is 11.8 Å². The van der Waals surface area contributed by atoms with Crippen LogP contribution in [0.15, 0.2) is 29.8 Å². The first-order chi connectivity index (χ1) is 22.0. The van der Waals surface area contributed by atoms with Gasteiger partial charge in [-0.15, -0.1) is 23.2 Å². The van der Waals surface area contributed by atoms with Crippen molar-refractivity contribution in [3.63, 3.8) is 0 Å². The average molecular weight is 703 g/mol. The number of carbonyl (C=O) groups is 5. The minimum Gasteiger partial charge on any atom is -0.508 e. The second-order valence-electron chi connectivity index (χ2n) is 11.6. The summed E-state index contributed by atoms with van der Waals surface area (Å²) in [6.07, 6.45) is 0.0783. The number of amides is 4. The van der Waals surface area contributed by atoms with Crippen LogP contribution in [0.2, 0.25) is 0 Å². The fraction of sp³-hybridized carbons (Fsp3) is 0.367. The topological polar surface area (TPSA) is 142 Å². The molecule has 0 radical (unpaired) electrons. The first-order valence-corrected chi connectivity index (χ1v) is 14.7. The number of methoxy groups -OCH3 is 1. The minimum atomic E-state index is -2.76. The zero-order valence-corrected chi connectivity index (χ0v) is 25.3. The van der Waals surface area contributed by atoms with Gasteiger partial charge in [0.2, 0.25) is 17.6 Å². The molecule has 2 aromatic carbocycles. The molecule has 10 nitrogen and oxygen atoms in total. The number of aromatic hydroxyl groups is 1. The van der Waals surface area contributed by atoms with Crippen LogP contribution in [0, 0.1) is 46.8 Å². The number of hydrogen-bond donors (Lipinski definition) is 2. The number of hydrogen-bond acceptors (Lipinski definition) is 7. The highest BCUT2D eigenvalue weighted by molar-refractivity contribution is 6.58. The Morgan fingerprint density at radius 3 is 2.17 bits per heavy atom. The molecule has 6 unspecified atom stereocenters. The van der Waals surface area contributed by atoms with E-state index in [0.29, 0.717) is 0 Å². The summed E-state index contributed by atoms with van der Waals surface area (Å²) in [6, 6.07) is 3.52. The van der Waals surface area contributed by atoms with E-state index >= 15 is 8.78 Å². The molecular weight excluding hydrogens is 682 g/mol. The SMILES string of the molecule is COc1cc(O)ccc1C1C2=CCC3C(=O)N(CCC(=O)O)C(=O)C3C2CC2(Cl)C(=O)N(c3c(F)c(F)c(F)c(F)c3F)C(=O)C12Cl. The monoisotopic (exact) mass is 702 g/mol. The molecule has 3 fully saturated rings. The molecule has 2 aromatic rings. The van der Waals surface area contributed by atoms with E-state index in [4.69, 9.17) is 33.0 Å². The average Bonchev–Trinajstić information content (AvgIpc) is 3.36. The largest absolute Gasteiger partial charge is 0.508 e. The maximum absolute atomic E-state index is 15.1. The summed E-state index contributed by atoms with van der Waals surface area (Å²) in [5.41, 5.74) is -1.76. The quantitative estimate of drug-likeness (QED) is 0.114. The molecule has 0 aromatic heterocycles. The Morgan fingerprint density at radius 1 is 0.957 bits per heavy atom. The van der Waals surface area contributed by atoms with Gasteiger partial charge in [0.05, 0.1) is 25.4 Å². The first kappa shape index (κ1) is 32.7. The van der Waals surface area contributed by atoms with Crippen LogP contribution < -0.4 is 9.64 Å². The van der Waals surface area contributed by atoms with Crippen molar-refractivity contribution in [1.82, 2.24) is 4.90 Å². The number of imide groups is 2. The van der Waals surface area contributed by atoms with E-state index in [1.54, 1.807) is 0 Å². The molecule has 248 valence electrons. The molecule has 47 heavy (non-hydrogen) atoms. The zero-order chi connectivity index (χ0) is 34.5. The minimum absolute atomic E-state index is 0.0142. The molecule has 4 aliphatic rings. The molecule has 6 rings (SSSR count). The third kappa shape index (κ3) is 4.24. The first-order valence-electron chi connectivity index (χ1n) is 13.9. The number of phenolic OH excluding ortho intramolecular Hbond substituents is 1. The number of rotatable bonds is 6. The number of allylic oxidation sites excluding steroid dienone is 2. The molecule has 0 bridgehead atoms. The summed E-state index contributed by atoms with van der Waals surface area (Å²) in [4.78, 5) is 61.6. The molecule has 2 heterocycles. The smallest absolute Gasteiger partial charge is 0.305 e. The standard InChI is InChI=1S/C30H21Cl2F5N2O8/c1-47-15-8-10(40)2-3-12(15)18-11-4-5-13-17(26(44)38(25(13)43)7-6-16(41)42)14(11)9-29(31)27(45)39(28(46)30(18,29)32)24-22(36)20(34)19(33)21(35)23(24)37/h2-4,8,13-14,17-18,40H,5-7,9H2,1H3,(H,41,42). The molecule has 2 aliphatic heterocycles. The Morgan fingerprint density at radius 2 is 1.57 bits per heavy atom. The van der Waals surface area contributed by atoms with Crippen molar-refractivity contribution in [3.8, 4) is 11.5 Å². The van der Waals surface area contributed by atoms with Crippen LogP contribution in [0.3, 0.4) is 0 Å². The summed E-state index contributed by atoms with van der Waals surface area (Å²) in [6.45, 7) is -0.464. The van der Waals surface area contributed by atoms with E-state index in [1.165, 1.54) is 19.3 Å². The molecule has 1 saturated carbocycles. The summed E-state index contributed by atoms with van der Waals surface area (Å²) in [5.74, 6) is -24.1. The number of halogens is 7. The fourth-order valence-corrected chi connectivity index (χ4v) is 8.27. The number of nitrogens with zero attached hydrogens (tertiary/aromatic N) is 2. The van der Waals surface area contributed by atoms with E-state index in [-0.39, 0.29) is 34.0 Å². The van der Waals surface area contributed by atoms with Crippen LogP contribution in [-0.4, -0.2) is 68.1 Å². The highest BCUT2D eigenvalue weighted by Gasteiger charge is 2.77. The lowest BCUT2D eigenvalue weighted by molar-refractivity contribution is -0.142. The predicted molar refractivity (Wildman–Crippen MR) is 150 cm³/mol. The molecular formula is C30H21Cl2F5N2O8. The molecule has 0 spiro atoms. The summed E-state index contributed by atoms with van der Waals surface area (Å²) >= 11 is 14.1. The second kappa shape index (κ2) is 10.9. The van der Waals surface area contributed by atoms with Crippen LogP contribution in [0.25, 0.3) is 0 Å². The van der Waals surface area contributed by atoms with Crippen molar-refractivity contribution in [1.29, 1.82) is 0 Å². The third-order valence-electron chi connectivity index (χ3n) is 9.39. The third-order valence-corrected chi connectivity index (χ3v) is 10.8. The van der Waals surface area contributed by atoms with Gasteiger partial charge in [-0.1, -0.05) is 17.7 Å². The van der Waals surface area contributed by atoms with Crippen LogP contribution in [0.5, 0.6) is 11.5 Å². The number of fused-ring (bicyclic) bond motifs is 4. The number of anilines is 1. The second-order valence-corrected chi connectivity index (χ2v) is 12.8. The lowest BCUT2D eigenvalue weighted by atomic mass is 9.56. The van der Waals surface area contributed by atoms with Crippen molar-refractivity contribution in [2.24, 2.45) is 17.8 Å². The van der Waals surface area contributed by atoms with Gasteiger partial charge in [0, 0.05) is 24.1 Å². The van der Waals surface area contributed by atoms with Gasteiger partial charge in [-0.25, -0.2) is 26.9 Å². The van der Waals surface area contributed by atoms with Crippen molar-refractivity contribution < 1.29 is 60.9 Å². The van der Waals surface area contributed by atoms with Crippen LogP contribution >= 0.6 is 23.2 Å². The predicted octanol–water partition coefficient (Wildman–Crippen LogP) is 4.13. The zero-order valence-electron chi connectivity index (χ0n) is 23.8. The van der Waals surface area contributed by atoms with E-state index < -0.39 is 117 Å². The molecule has 2 aliphatic carbocycles. The number of carbonyl (C=O) groups excluding carboxylic acids is 4. The Labute approximate surface area is 271 Å². The van der Waals surface area contributed by atoms with Crippen LogP contribution in [0.4, 0.5) is 27.6 Å². The Bertz CT molecular complexity index is 1830. The molecule has 2 saturated heterocycles. The van der Waals surface area contributed by atoms with Gasteiger partial charge in [-0.3, -0.25) is 28.9 Å². The van der Waals surface area contributed by atoms with Crippen LogP contribution in [0.1, 0.15) is 30.7 Å². The number of carboxylic acid groups (broad SMARTS) is 1. The lowest BCUT2D eigenvalue weighted by Crippen LogP contribution is -2.60. The van der Waals surface area contributed by atoms with E-state index in [1.807, 2.05) is 0 Å². The van der Waals surface area contributed by atoms with Crippen molar-refractivity contribution in [2.45, 2.75) is 34.9 Å². The van der Waals surface area contributed by atoms with Gasteiger partial charge in [-0.05, 0) is 24.8 Å². The van der Waals surface area contributed by atoms with Crippen molar-refractivity contribution >= 4 is 58.5 Å². The van der Waals surface area contributed by atoms with Gasteiger partial charge >= 0.3 is 5.97 Å². The maximum atomic E-state index is 15.1. The highest BCUT2D eigenvalue weighted by Crippen LogP contribution is 2.66. The molecule has 4 amide bonds.